The molecule has 0 bridgehead atoms. The summed E-state index contributed by atoms with van der Waals surface area (Å²) in [6, 6.07) is 11.1. The number of hydrogen-bond acceptors (Lipinski definition) is 5. The smallest absolute Gasteiger partial charge is 0.209 e. The molecule has 34 heavy (non-hydrogen) atoms. The number of hydrogen-bond donors (Lipinski definition) is 1. The molecule has 0 heterocycles. The molecule has 1 N–H and O–H groups in total. The second kappa shape index (κ2) is 11.3. The van der Waals surface area contributed by atoms with Crippen LogP contribution < -0.4 is 14.2 Å². The fourth-order valence-electron chi connectivity index (χ4n) is 3.24. The predicted octanol–water partition coefficient (Wildman–Crippen LogP) is 5.77. The molecule has 0 fully saturated rings. The van der Waals surface area contributed by atoms with E-state index in [4.69, 9.17) is 32.7 Å². The molecule has 188 valence electrons. The summed E-state index contributed by atoms with van der Waals surface area (Å²) in [7, 11) is -3.47. The van der Waals surface area contributed by atoms with Gasteiger partial charge in [0.25, 0.3) is 0 Å². The molecule has 0 atom stereocenters. The monoisotopic (exact) mass is 529 g/mol. The molecular weight excluding hydrogens is 497 g/mol. The molecule has 0 saturated carbocycles. The third kappa shape index (κ3) is 7.60. The third-order valence-corrected chi connectivity index (χ3v) is 6.81. The minimum atomic E-state index is -3.47. The van der Waals surface area contributed by atoms with E-state index in [0.29, 0.717) is 28.2 Å². The van der Waals surface area contributed by atoms with Crippen LogP contribution in [-0.2, 0) is 20.2 Å². The Kier molecular flexibility index (Phi) is 9.44. The summed E-state index contributed by atoms with van der Waals surface area (Å²) in [6.07, 6.45) is 2.94. The maximum atomic E-state index is 12.4. The van der Waals surface area contributed by atoms with Gasteiger partial charge in [-0.15, -0.1) is 0 Å². The molecule has 0 radical (unpaired) electrons. The van der Waals surface area contributed by atoms with Crippen LogP contribution in [0.2, 0.25) is 10.0 Å². The number of benzene rings is 2. The molecule has 0 aliphatic rings. The van der Waals surface area contributed by atoms with Crippen LogP contribution in [0.1, 0.15) is 58.6 Å². The number of ether oxygens (including phenoxy) is 2. The van der Waals surface area contributed by atoms with E-state index < -0.39 is 21.0 Å². The fraction of sp³-hybridized carbons (Fsp3) is 0.480. The number of nitrogens with one attached hydrogen (secondary N) is 1. The van der Waals surface area contributed by atoms with E-state index >= 15 is 0 Å². The van der Waals surface area contributed by atoms with E-state index in [1.165, 1.54) is 0 Å². The normalized spacial score (nSPS) is 12.5. The maximum absolute atomic E-state index is 12.4. The van der Waals surface area contributed by atoms with Gasteiger partial charge in [0.1, 0.15) is 5.75 Å². The van der Waals surface area contributed by atoms with Gasteiger partial charge in [0.2, 0.25) is 10.0 Å². The fourth-order valence-corrected chi connectivity index (χ4v) is 4.23. The van der Waals surface area contributed by atoms with Gasteiger partial charge >= 0.3 is 0 Å². The second-order valence-electron chi connectivity index (χ2n) is 9.25. The molecular formula is C25H33Cl2NO5S. The first-order chi connectivity index (χ1) is 15.7. The average molecular weight is 531 g/mol. The summed E-state index contributed by atoms with van der Waals surface area (Å²) >= 11 is 13.0. The average Bonchev–Trinajstić information content (AvgIpc) is 2.73. The lowest BCUT2D eigenvalue weighted by Gasteiger charge is -2.28. The van der Waals surface area contributed by atoms with E-state index in [2.05, 4.69) is 25.5 Å². The van der Waals surface area contributed by atoms with Crippen LogP contribution in [0.4, 0.5) is 0 Å². The molecule has 2 aromatic carbocycles. The van der Waals surface area contributed by atoms with E-state index in [1.807, 2.05) is 24.3 Å². The van der Waals surface area contributed by atoms with Crippen molar-refractivity contribution in [2.24, 2.45) is 0 Å². The Balaban J connectivity index is 2.19. The number of sulfonamides is 1. The van der Waals surface area contributed by atoms with Crippen LogP contribution in [0.25, 0.3) is 0 Å². The van der Waals surface area contributed by atoms with Gasteiger partial charge in [0, 0.05) is 5.41 Å². The molecule has 0 saturated heterocycles. The highest BCUT2D eigenvalue weighted by molar-refractivity contribution is 7.88. The van der Waals surface area contributed by atoms with Crippen LogP contribution in [0.15, 0.2) is 36.4 Å². The highest BCUT2D eigenvalue weighted by Gasteiger charge is 2.31. The zero-order valence-corrected chi connectivity index (χ0v) is 22.8. The zero-order chi connectivity index (χ0) is 25.7. The third-order valence-electron chi connectivity index (χ3n) is 5.58. The Hall–Kier alpha value is -1.80. The molecule has 0 spiro atoms. The van der Waals surface area contributed by atoms with Crippen molar-refractivity contribution in [1.82, 2.24) is 4.72 Å². The lowest BCUT2D eigenvalue weighted by Crippen LogP contribution is -2.44. The van der Waals surface area contributed by atoms with Gasteiger partial charge in [0.15, 0.2) is 17.1 Å². The Labute approximate surface area is 213 Å². The summed E-state index contributed by atoms with van der Waals surface area (Å²) in [6.45, 7) is 9.64. The van der Waals surface area contributed by atoms with Gasteiger partial charge < -0.3 is 9.47 Å². The molecule has 2 aromatic rings. The quantitative estimate of drug-likeness (QED) is 0.352. The van der Waals surface area contributed by atoms with Crippen LogP contribution in [0, 0.1) is 0 Å². The lowest BCUT2D eigenvalue weighted by molar-refractivity contribution is -0.130. The van der Waals surface area contributed by atoms with Crippen LogP contribution in [0.3, 0.4) is 0 Å². The van der Waals surface area contributed by atoms with Gasteiger partial charge in [0.05, 0.1) is 29.5 Å². The lowest BCUT2D eigenvalue weighted by atomic mass is 9.78. The summed E-state index contributed by atoms with van der Waals surface area (Å²) in [5, 5.41) is 0.934. The summed E-state index contributed by atoms with van der Waals surface area (Å²) in [4.78, 5) is 12.4. The van der Waals surface area contributed by atoms with E-state index in [1.54, 1.807) is 26.0 Å². The van der Waals surface area contributed by atoms with Gasteiger partial charge in [-0.25, -0.2) is 13.1 Å². The number of Topliss-reactive ketones (excluding diaryl/α,β-unsaturated/α-hetero) is 1. The minimum Gasteiger partial charge on any atom is -0.490 e. The summed E-state index contributed by atoms with van der Waals surface area (Å²) in [5.74, 6) is 0.609. The van der Waals surface area contributed by atoms with Crippen molar-refractivity contribution in [2.75, 3.05) is 19.4 Å². The Morgan fingerprint density at radius 2 is 1.56 bits per heavy atom. The first-order valence-electron chi connectivity index (χ1n) is 11.1. The molecule has 0 aliphatic heterocycles. The number of halogens is 2. The number of unbranched alkanes of at least 4 members (excludes halogenated alkanes) is 1. The molecule has 0 unspecified atom stereocenters. The van der Waals surface area contributed by atoms with Crippen molar-refractivity contribution in [2.45, 2.75) is 58.5 Å². The number of ketones is 1. The molecule has 0 aliphatic carbocycles. The minimum absolute atomic E-state index is 0.337. The molecule has 0 aromatic heterocycles. The molecule has 6 nitrogen and oxygen atoms in total. The molecule has 0 amide bonds. The van der Waals surface area contributed by atoms with Crippen LogP contribution in [0.5, 0.6) is 11.5 Å². The van der Waals surface area contributed by atoms with Crippen molar-refractivity contribution in [3.8, 4) is 11.5 Å². The number of carbonyl (C=O) groups excluding carboxylic acids is 1. The van der Waals surface area contributed by atoms with Crippen molar-refractivity contribution in [3.63, 3.8) is 0 Å². The Morgan fingerprint density at radius 1 is 1.00 bits per heavy atom. The van der Waals surface area contributed by atoms with E-state index in [-0.39, 0.29) is 12.3 Å². The Bertz CT molecular complexity index is 1090. The van der Waals surface area contributed by atoms with Gasteiger partial charge in [-0.05, 0) is 55.7 Å². The van der Waals surface area contributed by atoms with Crippen molar-refractivity contribution >= 4 is 39.0 Å². The second-order valence-corrected chi connectivity index (χ2v) is 11.9. The predicted molar refractivity (Wildman–Crippen MR) is 138 cm³/mol. The molecule has 9 heteroatoms. The first-order valence-corrected chi connectivity index (χ1v) is 13.7. The zero-order valence-electron chi connectivity index (χ0n) is 20.5. The van der Waals surface area contributed by atoms with Crippen LogP contribution >= 0.6 is 23.2 Å². The van der Waals surface area contributed by atoms with Crippen molar-refractivity contribution in [3.05, 3.63) is 57.6 Å². The number of rotatable bonds is 12. The summed E-state index contributed by atoms with van der Waals surface area (Å²) in [5.41, 5.74) is 0.304. The highest BCUT2D eigenvalue weighted by atomic mass is 35.5. The largest absolute Gasteiger partial charge is 0.490 e. The molecule has 2 rings (SSSR count). The van der Waals surface area contributed by atoms with Gasteiger partial charge in [-0.1, -0.05) is 62.5 Å². The van der Waals surface area contributed by atoms with E-state index in [9.17, 15) is 13.2 Å². The Morgan fingerprint density at radius 3 is 2.06 bits per heavy atom. The van der Waals surface area contributed by atoms with E-state index in [0.717, 1.165) is 30.2 Å². The van der Waals surface area contributed by atoms with Crippen molar-refractivity contribution < 1.29 is 22.7 Å². The van der Waals surface area contributed by atoms with Gasteiger partial charge in [-0.2, -0.15) is 0 Å². The number of carbonyl (C=O) groups is 1. The standard InChI is InChI=1S/C25H33Cl2NO5S/c1-7-8-13-32-23-20(26)14-18(15-21(23)27)24(2,3)17-9-11-19(12-10-17)33-25(4,5)22(29)16-28-34(6,30)31/h9-12,14-15,28H,7-8,13,16H2,1-6H3. The highest BCUT2D eigenvalue weighted by Crippen LogP contribution is 2.41. The topological polar surface area (TPSA) is 81.7 Å². The maximum Gasteiger partial charge on any atom is 0.209 e. The van der Waals surface area contributed by atoms with Crippen LogP contribution in [-0.4, -0.2) is 39.2 Å². The van der Waals surface area contributed by atoms with Gasteiger partial charge in [-0.3, -0.25) is 4.79 Å². The SMILES string of the molecule is CCCCOc1c(Cl)cc(C(C)(C)c2ccc(OC(C)(C)C(=O)CNS(C)(=O)=O)cc2)cc1Cl. The van der Waals surface area contributed by atoms with Crippen molar-refractivity contribution in [1.29, 1.82) is 0 Å². The first kappa shape index (κ1) is 28.4. The summed E-state index contributed by atoms with van der Waals surface area (Å²) < 4.78 is 36.3.